The lowest BCUT2D eigenvalue weighted by molar-refractivity contribution is -0.115. The van der Waals surface area contributed by atoms with Crippen molar-refractivity contribution in [3.05, 3.63) is 95.6 Å². The first-order valence-corrected chi connectivity index (χ1v) is 10.2. The van der Waals surface area contributed by atoms with Crippen LogP contribution in [0.15, 0.2) is 78.9 Å². The summed E-state index contributed by atoms with van der Waals surface area (Å²) >= 11 is 0. The maximum atomic E-state index is 12.4. The third-order valence-electron chi connectivity index (χ3n) is 4.45. The van der Waals surface area contributed by atoms with Crippen molar-refractivity contribution in [2.24, 2.45) is 0 Å². The van der Waals surface area contributed by atoms with Crippen LogP contribution in [-0.2, 0) is 22.5 Å². The van der Waals surface area contributed by atoms with E-state index in [1.807, 2.05) is 48.5 Å². The Morgan fingerprint density at radius 2 is 1.56 bits per heavy atom. The number of ether oxygens (including phenoxy) is 2. The van der Waals surface area contributed by atoms with Gasteiger partial charge in [0, 0.05) is 17.8 Å². The first kappa shape index (κ1) is 22.6. The summed E-state index contributed by atoms with van der Waals surface area (Å²) in [5.41, 5.74) is 2.87. The summed E-state index contributed by atoms with van der Waals surface area (Å²) in [7, 11) is 0. The first-order valence-electron chi connectivity index (χ1n) is 10.2. The predicted molar refractivity (Wildman–Crippen MR) is 120 cm³/mol. The second-order valence-electron chi connectivity index (χ2n) is 6.90. The molecule has 2 N–H and O–H groups in total. The summed E-state index contributed by atoms with van der Waals surface area (Å²) in [6.45, 7) is 2.20. The molecule has 32 heavy (non-hydrogen) atoms. The molecule has 2 amide bonds. The number of amides is 2. The van der Waals surface area contributed by atoms with Crippen LogP contribution in [0.1, 0.15) is 28.4 Å². The Labute approximate surface area is 186 Å². The van der Waals surface area contributed by atoms with Crippen LogP contribution in [0, 0.1) is 0 Å². The molecule has 7 nitrogen and oxygen atoms in total. The largest absolute Gasteiger partial charge is 0.513 e. The van der Waals surface area contributed by atoms with Gasteiger partial charge in [0.25, 0.3) is 5.91 Å². The Kier molecular flexibility index (Phi) is 7.97. The van der Waals surface area contributed by atoms with Crippen molar-refractivity contribution in [2.75, 3.05) is 11.9 Å². The van der Waals surface area contributed by atoms with Crippen LogP contribution in [0.25, 0.3) is 0 Å². The molecule has 0 heterocycles. The van der Waals surface area contributed by atoms with Gasteiger partial charge < -0.3 is 20.1 Å². The SMILES string of the molecule is CCOC(=O)Oc1ccc(C(=O)NCc2cccc(NC(=O)Cc3ccccc3)c2)cc1. The highest BCUT2D eigenvalue weighted by molar-refractivity contribution is 5.94. The highest BCUT2D eigenvalue weighted by Crippen LogP contribution is 2.14. The molecule has 0 saturated carbocycles. The third kappa shape index (κ3) is 6.98. The fourth-order valence-electron chi connectivity index (χ4n) is 2.95. The number of hydrogen-bond acceptors (Lipinski definition) is 5. The van der Waals surface area contributed by atoms with Gasteiger partial charge in [-0.2, -0.15) is 0 Å². The Bertz CT molecular complexity index is 1070. The molecule has 0 aromatic heterocycles. The molecule has 3 rings (SSSR count). The van der Waals surface area contributed by atoms with Crippen molar-refractivity contribution in [1.82, 2.24) is 5.32 Å². The number of hydrogen-bond donors (Lipinski definition) is 2. The molecule has 0 radical (unpaired) electrons. The van der Waals surface area contributed by atoms with Crippen LogP contribution in [0.2, 0.25) is 0 Å². The van der Waals surface area contributed by atoms with Gasteiger partial charge >= 0.3 is 6.16 Å². The maximum absolute atomic E-state index is 12.4. The molecular weight excluding hydrogens is 408 g/mol. The highest BCUT2D eigenvalue weighted by atomic mass is 16.7. The van der Waals surface area contributed by atoms with Gasteiger partial charge in [0.15, 0.2) is 0 Å². The van der Waals surface area contributed by atoms with Crippen molar-refractivity contribution in [3.8, 4) is 5.75 Å². The van der Waals surface area contributed by atoms with E-state index in [-0.39, 0.29) is 24.8 Å². The number of carbonyl (C=O) groups excluding carboxylic acids is 3. The van der Waals surface area contributed by atoms with Crippen LogP contribution in [0.4, 0.5) is 10.5 Å². The molecule has 0 atom stereocenters. The lowest BCUT2D eigenvalue weighted by atomic mass is 10.1. The maximum Gasteiger partial charge on any atom is 0.513 e. The zero-order valence-electron chi connectivity index (χ0n) is 17.7. The average Bonchev–Trinajstić information content (AvgIpc) is 2.79. The van der Waals surface area contributed by atoms with Gasteiger partial charge in [0.2, 0.25) is 5.91 Å². The number of benzene rings is 3. The number of carbonyl (C=O) groups is 3. The van der Waals surface area contributed by atoms with Crippen molar-refractivity contribution < 1.29 is 23.9 Å². The van der Waals surface area contributed by atoms with Crippen LogP contribution in [-0.4, -0.2) is 24.6 Å². The quantitative estimate of drug-likeness (QED) is 0.408. The molecule has 0 spiro atoms. The Morgan fingerprint density at radius 3 is 2.28 bits per heavy atom. The predicted octanol–water partition coefficient (Wildman–Crippen LogP) is 4.33. The van der Waals surface area contributed by atoms with Crippen molar-refractivity contribution in [3.63, 3.8) is 0 Å². The van der Waals surface area contributed by atoms with Crippen LogP contribution in [0.3, 0.4) is 0 Å². The zero-order chi connectivity index (χ0) is 22.8. The molecule has 164 valence electrons. The molecule has 0 bridgehead atoms. The summed E-state index contributed by atoms with van der Waals surface area (Å²) in [5, 5.41) is 5.71. The second-order valence-corrected chi connectivity index (χ2v) is 6.90. The van der Waals surface area contributed by atoms with Crippen LogP contribution < -0.4 is 15.4 Å². The second kappa shape index (κ2) is 11.3. The normalized spacial score (nSPS) is 10.2. The smallest absolute Gasteiger partial charge is 0.434 e. The molecule has 0 saturated heterocycles. The Balaban J connectivity index is 1.51. The summed E-state index contributed by atoms with van der Waals surface area (Å²) in [6, 6.07) is 23.0. The fourth-order valence-corrected chi connectivity index (χ4v) is 2.95. The van der Waals surface area contributed by atoms with E-state index in [2.05, 4.69) is 10.6 Å². The van der Waals surface area contributed by atoms with E-state index in [1.54, 1.807) is 25.1 Å². The van der Waals surface area contributed by atoms with Crippen molar-refractivity contribution in [1.29, 1.82) is 0 Å². The average molecular weight is 432 g/mol. The van der Waals surface area contributed by atoms with E-state index in [9.17, 15) is 14.4 Å². The minimum atomic E-state index is -0.791. The zero-order valence-corrected chi connectivity index (χ0v) is 17.7. The van der Waals surface area contributed by atoms with E-state index in [1.165, 1.54) is 12.1 Å². The molecule has 0 aliphatic rings. The van der Waals surface area contributed by atoms with E-state index >= 15 is 0 Å². The number of rotatable bonds is 8. The highest BCUT2D eigenvalue weighted by Gasteiger charge is 2.09. The van der Waals surface area contributed by atoms with E-state index in [4.69, 9.17) is 9.47 Å². The topological polar surface area (TPSA) is 93.7 Å². The molecule has 3 aromatic carbocycles. The van der Waals surface area contributed by atoms with Crippen molar-refractivity contribution >= 4 is 23.7 Å². The van der Waals surface area contributed by atoms with Gasteiger partial charge in [-0.05, 0) is 54.4 Å². The van der Waals surface area contributed by atoms with Crippen LogP contribution in [0.5, 0.6) is 5.75 Å². The van der Waals surface area contributed by atoms with E-state index in [0.717, 1.165) is 11.1 Å². The molecule has 3 aromatic rings. The minimum absolute atomic E-state index is 0.109. The molecule has 7 heteroatoms. The molecule has 0 aliphatic heterocycles. The lowest BCUT2D eigenvalue weighted by Crippen LogP contribution is -2.23. The van der Waals surface area contributed by atoms with E-state index < -0.39 is 6.16 Å². The van der Waals surface area contributed by atoms with Gasteiger partial charge in [-0.1, -0.05) is 42.5 Å². The fraction of sp³-hybridized carbons (Fsp3) is 0.160. The third-order valence-corrected chi connectivity index (χ3v) is 4.45. The van der Waals surface area contributed by atoms with E-state index in [0.29, 0.717) is 23.5 Å². The molecule has 0 unspecified atom stereocenters. The standard InChI is InChI=1S/C25H24N2O5/c1-2-31-25(30)32-22-13-11-20(12-14-22)24(29)26-17-19-9-6-10-21(15-19)27-23(28)16-18-7-4-3-5-8-18/h3-15H,2,16-17H2,1H3,(H,26,29)(H,27,28). The molecule has 0 fully saturated rings. The first-order chi connectivity index (χ1) is 15.5. The lowest BCUT2D eigenvalue weighted by Gasteiger charge is -2.09. The summed E-state index contributed by atoms with van der Waals surface area (Å²) < 4.78 is 9.68. The minimum Gasteiger partial charge on any atom is -0.434 e. The van der Waals surface area contributed by atoms with Gasteiger partial charge in [-0.25, -0.2) is 4.79 Å². The van der Waals surface area contributed by atoms with Gasteiger partial charge in [0.05, 0.1) is 13.0 Å². The summed E-state index contributed by atoms with van der Waals surface area (Å²) in [4.78, 5) is 36.0. The monoisotopic (exact) mass is 432 g/mol. The van der Waals surface area contributed by atoms with Crippen molar-refractivity contribution in [2.45, 2.75) is 19.9 Å². The van der Waals surface area contributed by atoms with Gasteiger partial charge in [-0.15, -0.1) is 0 Å². The number of anilines is 1. The molecular formula is C25H24N2O5. The molecule has 0 aliphatic carbocycles. The Morgan fingerprint density at radius 1 is 0.844 bits per heavy atom. The Hall–Kier alpha value is -4.13. The summed E-state index contributed by atoms with van der Waals surface area (Å²) in [5.74, 6) is -0.0901. The van der Waals surface area contributed by atoms with Gasteiger partial charge in [-0.3, -0.25) is 9.59 Å². The number of nitrogens with one attached hydrogen (secondary N) is 2. The summed E-state index contributed by atoms with van der Waals surface area (Å²) in [6.07, 6.45) is -0.502. The van der Waals surface area contributed by atoms with Crippen LogP contribution >= 0.6 is 0 Å². The van der Waals surface area contributed by atoms with Gasteiger partial charge in [0.1, 0.15) is 5.75 Å².